The fraction of sp³-hybridized carbons (Fsp3) is 0.611. The lowest BCUT2D eigenvalue weighted by molar-refractivity contribution is 0.0523. The van der Waals surface area contributed by atoms with E-state index in [1.54, 1.807) is 0 Å². The molecule has 0 aliphatic heterocycles. The molecule has 0 unspecified atom stereocenters. The molecule has 0 bridgehead atoms. The number of carbonyl (C=O) groups excluding carboxylic acids is 1. The molecule has 1 fully saturated rings. The Morgan fingerprint density at radius 3 is 2.61 bits per heavy atom. The van der Waals surface area contributed by atoms with Crippen LogP contribution in [0.4, 0.5) is 10.5 Å². The smallest absolute Gasteiger partial charge is 0.407 e. The van der Waals surface area contributed by atoms with Crippen molar-refractivity contribution < 1.29 is 14.6 Å². The molecule has 0 heterocycles. The standard InChI is InChI=1S/C18H28N2O3/c1-18(2,3)23-17(22)19-12-13-5-4-6-15(11-13)20-14-7-9-16(21)10-8-14/h4-6,11,14,16,20-21H,7-10,12H2,1-3H3,(H,19,22). The van der Waals surface area contributed by atoms with Gasteiger partial charge in [-0.2, -0.15) is 0 Å². The number of hydrogen-bond donors (Lipinski definition) is 3. The van der Waals surface area contributed by atoms with Gasteiger partial charge in [0, 0.05) is 18.3 Å². The summed E-state index contributed by atoms with van der Waals surface area (Å²) >= 11 is 0. The van der Waals surface area contributed by atoms with Crippen molar-refractivity contribution in [3.8, 4) is 0 Å². The van der Waals surface area contributed by atoms with Gasteiger partial charge in [0.25, 0.3) is 0 Å². The molecule has 0 radical (unpaired) electrons. The SMILES string of the molecule is CC(C)(C)OC(=O)NCc1cccc(NC2CCC(O)CC2)c1. The molecular weight excluding hydrogens is 292 g/mol. The highest BCUT2D eigenvalue weighted by Gasteiger charge is 2.19. The van der Waals surface area contributed by atoms with E-state index >= 15 is 0 Å². The lowest BCUT2D eigenvalue weighted by Gasteiger charge is -2.27. The lowest BCUT2D eigenvalue weighted by atomic mass is 9.93. The molecule has 128 valence electrons. The maximum absolute atomic E-state index is 11.7. The topological polar surface area (TPSA) is 70.6 Å². The third-order valence-electron chi connectivity index (χ3n) is 3.83. The molecular formula is C18H28N2O3. The number of anilines is 1. The van der Waals surface area contributed by atoms with E-state index in [1.165, 1.54) is 0 Å². The summed E-state index contributed by atoms with van der Waals surface area (Å²) in [5.41, 5.74) is 1.59. The van der Waals surface area contributed by atoms with Crippen molar-refractivity contribution in [2.24, 2.45) is 0 Å². The van der Waals surface area contributed by atoms with Gasteiger partial charge in [-0.3, -0.25) is 0 Å². The van der Waals surface area contributed by atoms with Gasteiger partial charge in [-0.05, 0) is 64.2 Å². The maximum atomic E-state index is 11.7. The van der Waals surface area contributed by atoms with Crippen LogP contribution in [-0.2, 0) is 11.3 Å². The molecule has 1 aromatic carbocycles. The van der Waals surface area contributed by atoms with Crippen molar-refractivity contribution in [2.75, 3.05) is 5.32 Å². The van der Waals surface area contributed by atoms with E-state index in [0.717, 1.165) is 36.9 Å². The molecule has 1 aromatic rings. The Kier molecular flexibility index (Phi) is 5.88. The number of hydrogen-bond acceptors (Lipinski definition) is 4. The zero-order valence-corrected chi connectivity index (χ0v) is 14.3. The van der Waals surface area contributed by atoms with Crippen LogP contribution in [0.5, 0.6) is 0 Å². The van der Waals surface area contributed by atoms with Crippen LogP contribution in [0.25, 0.3) is 0 Å². The minimum atomic E-state index is -0.487. The number of carbonyl (C=O) groups is 1. The van der Waals surface area contributed by atoms with E-state index in [0.29, 0.717) is 12.6 Å². The monoisotopic (exact) mass is 320 g/mol. The second kappa shape index (κ2) is 7.68. The number of alkyl carbamates (subject to hydrolysis) is 1. The Morgan fingerprint density at radius 2 is 1.96 bits per heavy atom. The highest BCUT2D eigenvalue weighted by Crippen LogP contribution is 2.22. The summed E-state index contributed by atoms with van der Waals surface area (Å²) in [6.45, 7) is 5.97. The van der Waals surface area contributed by atoms with Crippen LogP contribution in [0.15, 0.2) is 24.3 Å². The molecule has 2 rings (SSSR count). The minimum Gasteiger partial charge on any atom is -0.444 e. The molecule has 1 saturated carbocycles. The van der Waals surface area contributed by atoms with Crippen LogP contribution in [0, 0.1) is 0 Å². The largest absolute Gasteiger partial charge is 0.444 e. The van der Waals surface area contributed by atoms with Gasteiger partial charge in [-0.15, -0.1) is 0 Å². The first-order valence-corrected chi connectivity index (χ1v) is 8.32. The van der Waals surface area contributed by atoms with Crippen molar-refractivity contribution in [1.82, 2.24) is 5.32 Å². The van der Waals surface area contributed by atoms with E-state index in [1.807, 2.05) is 45.0 Å². The predicted octanol–water partition coefficient (Wildman–Crippen LogP) is 3.43. The summed E-state index contributed by atoms with van der Waals surface area (Å²) in [7, 11) is 0. The van der Waals surface area contributed by atoms with Gasteiger partial charge < -0.3 is 20.5 Å². The van der Waals surface area contributed by atoms with Crippen molar-refractivity contribution in [3.05, 3.63) is 29.8 Å². The maximum Gasteiger partial charge on any atom is 0.407 e. The fourth-order valence-corrected chi connectivity index (χ4v) is 2.72. The molecule has 5 nitrogen and oxygen atoms in total. The zero-order chi connectivity index (χ0) is 16.9. The normalized spacial score (nSPS) is 21.6. The van der Waals surface area contributed by atoms with Crippen molar-refractivity contribution in [1.29, 1.82) is 0 Å². The second-order valence-electron chi connectivity index (χ2n) is 7.21. The predicted molar refractivity (Wildman–Crippen MR) is 91.4 cm³/mol. The zero-order valence-electron chi connectivity index (χ0n) is 14.3. The molecule has 1 aliphatic carbocycles. The van der Waals surface area contributed by atoms with E-state index in [-0.39, 0.29) is 6.10 Å². The average Bonchev–Trinajstić information content (AvgIpc) is 2.46. The van der Waals surface area contributed by atoms with Gasteiger partial charge in [0.05, 0.1) is 6.10 Å². The number of ether oxygens (including phenoxy) is 1. The second-order valence-corrected chi connectivity index (χ2v) is 7.21. The first-order valence-electron chi connectivity index (χ1n) is 8.32. The molecule has 1 aliphatic rings. The summed E-state index contributed by atoms with van der Waals surface area (Å²) in [4.78, 5) is 11.7. The highest BCUT2D eigenvalue weighted by atomic mass is 16.6. The van der Waals surface area contributed by atoms with Crippen LogP contribution < -0.4 is 10.6 Å². The molecule has 0 aromatic heterocycles. The number of nitrogens with one attached hydrogen (secondary N) is 2. The van der Waals surface area contributed by atoms with Crippen LogP contribution >= 0.6 is 0 Å². The lowest BCUT2D eigenvalue weighted by Crippen LogP contribution is -2.32. The third-order valence-corrected chi connectivity index (χ3v) is 3.83. The van der Waals surface area contributed by atoms with Crippen molar-refractivity contribution in [2.45, 2.75) is 70.7 Å². The summed E-state index contributed by atoms with van der Waals surface area (Å²) in [5, 5.41) is 15.8. The number of rotatable bonds is 4. The summed E-state index contributed by atoms with van der Waals surface area (Å²) in [6.07, 6.45) is 3.15. The first kappa shape index (κ1) is 17.6. The van der Waals surface area contributed by atoms with Gasteiger partial charge in [0.2, 0.25) is 0 Å². The summed E-state index contributed by atoms with van der Waals surface area (Å²) < 4.78 is 5.23. The average molecular weight is 320 g/mol. The number of amides is 1. The van der Waals surface area contributed by atoms with Crippen molar-refractivity contribution >= 4 is 11.8 Å². The fourth-order valence-electron chi connectivity index (χ4n) is 2.72. The van der Waals surface area contributed by atoms with Crippen LogP contribution in [0.3, 0.4) is 0 Å². The van der Waals surface area contributed by atoms with E-state index in [4.69, 9.17) is 4.74 Å². The number of benzene rings is 1. The third kappa shape index (κ3) is 6.48. The number of aliphatic hydroxyl groups is 1. The molecule has 0 atom stereocenters. The summed E-state index contributed by atoms with van der Waals surface area (Å²) in [5.74, 6) is 0. The molecule has 5 heteroatoms. The van der Waals surface area contributed by atoms with Gasteiger partial charge in [0.15, 0.2) is 0 Å². The van der Waals surface area contributed by atoms with Crippen molar-refractivity contribution in [3.63, 3.8) is 0 Å². The Balaban J connectivity index is 1.83. The summed E-state index contributed by atoms with van der Waals surface area (Å²) in [6, 6.07) is 8.44. The highest BCUT2D eigenvalue weighted by molar-refractivity contribution is 5.67. The quantitative estimate of drug-likeness (QED) is 0.795. The first-order chi connectivity index (χ1) is 10.8. The Morgan fingerprint density at radius 1 is 1.26 bits per heavy atom. The van der Waals surface area contributed by atoms with E-state index < -0.39 is 11.7 Å². The molecule has 3 N–H and O–H groups in total. The van der Waals surface area contributed by atoms with Crippen LogP contribution in [0.1, 0.15) is 52.0 Å². The van der Waals surface area contributed by atoms with Crippen LogP contribution in [-0.4, -0.2) is 28.9 Å². The van der Waals surface area contributed by atoms with Crippen LogP contribution in [0.2, 0.25) is 0 Å². The molecule has 1 amide bonds. The Labute approximate surface area is 138 Å². The van der Waals surface area contributed by atoms with E-state index in [9.17, 15) is 9.90 Å². The van der Waals surface area contributed by atoms with Gasteiger partial charge in [-0.1, -0.05) is 12.1 Å². The Hall–Kier alpha value is -1.75. The molecule has 0 spiro atoms. The van der Waals surface area contributed by atoms with E-state index in [2.05, 4.69) is 10.6 Å². The van der Waals surface area contributed by atoms with Gasteiger partial charge in [-0.25, -0.2) is 4.79 Å². The number of aliphatic hydroxyl groups excluding tert-OH is 1. The molecule has 23 heavy (non-hydrogen) atoms. The Bertz CT molecular complexity index is 517. The minimum absolute atomic E-state index is 0.141. The van der Waals surface area contributed by atoms with Gasteiger partial charge in [0.1, 0.15) is 5.60 Å². The van der Waals surface area contributed by atoms with Gasteiger partial charge >= 0.3 is 6.09 Å². The molecule has 0 saturated heterocycles.